The van der Waals surface area contributed by atoms with Crippen LogP contribution >= 0.6 is 11.9 Å². The molecule has 4 nitrogen and oxygen atoms in total. The predicted octanol–water partition coefficient (Wildman–Crippen LogP) is 2.66. The molecule has 1 aliphatic rings. The average molecular weight is 248 g/mol. The first-order valence-corrected chi connectivity index (χ1v) is 6.92. The van der Waals surface area contributed by atoms with Crippen molar-refractivity contribution in [3.63, 3.8) is 0 Å². The number of nitrogens with two attached hydrogens (primary N) is 1. The third-order valence-corrected chi connectivity index (χ3v) is 4.52. The van der Waals surface area contributed by atoms with Gasteiger partial charge in [-0.3, -0.25) is 5.14 Å². The van der Waals surface area contributed by atoms with Gasteiger partial charge < -0.3 is 0 Å². The van der Waals surface area contributed by atoms with Crippen LogP contribution in [0.1, 0.15) is 32.1 Å². The van der Waals surface area contributed by atoms with Crippen LogP contribution in [0.3, 0.4) is 0 Å². The molecule has 0 unspecified atom stereocenters. The van der Waals surface area contributed by atoms with E-state index in [1.54, 1.807) is 0 Å². The molecule has 1 fully saturated rings. The monoisotopic (exact) mass is 248 g/mol. The number of hydrogen-bond acceptors (Lipinski definition) is 4. The van der Waals surface area contributed by atoms with Gasteiger partial charge in [-0.1, -0.05) is 43.3 Å². The van der Waals surface area contributed by atoms with Gasteiger partial charge >= 0.3 is 0 Å². The van der Waals surface area contributed by atoms with Crippen molar-refractivity contribution in [1.82, 2.24) is 15.0 Å². The molecule has 0 saturated heterocycles. The molecule has 1 heterocycles. The van der Waals surface area contributed by atoms with Gasteiger partial charge in [-0.25, -0.2) is 0 Å². The number of rotatable bonds is 2. The molecule has 3 rings (SSSR count). The second-order valence-corrected chi connectivity index (χ2v) is 5.60. The standard InChI is InChI=1S/C12H16N4S/c13-17-12(8-4-1-5-9-12)16-14-10-6-2-3-7-11(10)15-16/h2-3,6-7H,1,4-5,8-9,13H2. The molecule has 1 aromatic heterocycles. The first kappa shape index (κ1) is 11.0. The Morgan fingerprint density at radius 3 is 2.18 bits per heavy atom. The number of hydrogen-bond donors (Lipinski definition) is 1. The molecule has 0 spiro atoms. The Kier molecular flexibility index (Phi) is 2.80. The van der Waals surface area contributed by atoms with E-state index in [9.17, 15) is 0 Å². The van der Waals surface area contributed by atoms with Gasteiger partial charge in [0.25, 0.3) is 0 Å². The molecule has 90 valence electrons. The number of fused-ring (bicyclic) bond motifs is 1. The minimum absolute atomic E-state index is 0.128. The van der Waals surface area contributed by atoms with Crippen LogP contribution in [-0.2, 0) is 4.87 Å². The maximum absolute atomic E-state index is 5.91. The SMILES string of the molecule is NSC1(n2nc3ccccc3n2)CCCCC1. The van der Waals surface area contributed by atoms with Crippen molar-refractivity contribution in [2.24, 2.45) is 5.14 Å². The average Bonchev–Trinajstić information content (AvgIpc) is 2.84. The van der Waals surface area contributed by atoms with Crippen LogP contribution in [0, 0.1) is 0 Å². The molecule has 5 heteroatoms. The third-order valence-electron chi connectivity index (χ3n) is 3.51. The second kappa shape index (κ2) is 4.31. The van der Waals surface area contributed by atoms with Crippen molar-refractivity contribution < 1.29 is 0 Å². The first-order chi connectivity index (χ1) is 8.34. The van der Waals surface area contributed by atoms with E-state index in [1.807, 2.05) is 29.1 Å². The van der Waals surface area contributed by atoms with Crippen LogP contribution in [0.25, 0.3) is 11.0 Å². The zero-order chi connectivity index (χ0) is 11.7. The summed E-state index contributed by atoms with van der Waals surface area (Å²) in [7, 11) is 0. The molecule has 0 radical (unpaired) electrons. The van der Waals surface area contributed by atoms with Crippen molar-refractivity contribution in [3.8, 4) is 0 Å². The van der Waals surface area contributed by atoms with Crippen molar-refractivity contribution >= 4 is 23.0 Å². The van der Waals surface area contributed by atoms with Crippen molar-refractivity contribution in [1.29, 1.82) is 0 Å². The summed E-state index contributed by atoms with van der Waals surface area (Å²) in [6, 6.07) is 7.97. The lowest BCUT2D eigenvalue weighted by molar-refractivity contribution is 0.263. The molecule has 0 aliphatic heterocycles. The Morgan fingerprint density at radius 2 is 1.65 bits per heavy atom. The summed E-state index contributed by atoms with van der Waals surface area (Å²) in [5.41, 5.74) is 1.90. The van der Waals surface area contributed by atoms with Gasteiger partial charge in [0.05, 0.1) is 0 Å². The Labute approximate surface area is 105 Å². The Morgan fingerprint density at radius 1 is 1.06 bits per heavy atom. The van der Waals surface area contributed by atoms with Crippen molar-refractivity contribution in [2.45, 2.75) is 37.0 Å². The van der Waals surface area contributed by atoms with Crippen LogP contribution in [0.2, 0.25) is 0 Å². The van der Waals surface area contributed by atoms with E-state index in [-0.39, 0.29) is 4.87 Å². The van der Waals surface area contributed by atoms with Gasteiger partial charge in [0.2, 0.25) is 0 Å². The highest BCUT2D eigenvalue weighted by Crippen LogP contribution is 2.40. The Bertz CT molecular complexity index is 483. The van der Waals surface area contributed by atoms with E-state index < -0.39 is 0 Å². The Balaban J connectivity index is 2.05. The molecular weight excluding hydrogens is 232 g/mol. The van der Waals surface area contributed by atoms with Gasteiger partial charge in [-0.2, -0.15) is 15.0 Å². The smallest absolute Gasteiger partial charge is 0.141 e. The number of aromatic nitrogens is 3. The number of nitrogens with zero attached hydrogens (tertiary/aromatic N) is 3. The van der Waals surface area contributed by atoms with Crippen LogP contribution < -0.4 is 5.14 Å². The van der Waals surface area contributed by atoms with Gasteiger partial charge in [-0.05, 0) is 25.0 Å². The Hall–Kier alpha value is -1.07. The minimum Gasteiger partial charge on any atom is -0.276 e. The van der Waals surface area contributed by atoms with Crippen molar-refractivity contribution in [2.75, 3.05) is 0 Å². The summed E-state index contributed by atoms with van der Waals surface area (Å²) in [6.45, 7) is 0. The lowest BCUT2D eigenvalue weighted by Crippen LogP contribution is -2.35. The summed E-state index contributed by atoms with van der Waals surface area (Å²) >= 11 is 1.40. The first-order valence-electron chi connectivity index (χ1n) is 6.05. The molecule has 0 amide bonds. The summed E-state index contributed by atoms with van der Waals surface area (Å²) < 4.78 is 0. The molecule has 2 N–H and O–H groups in total. The molecule has 1 aromatic carbocycles. The summed E-state index contributed by atoms with van der Waals surface area (Å²) in [5, 5.41) is 15.1. The largest absolute Gasteiger partial charge is 0.276 e. The van der Waals surface area contributed by atoms with E-state index >= 15 is 0 Å². The van der Waals surface area contributed by atoms with Gasteiger partial charge in [-0.15, -0.1) is 0 Å². The highest BCUT2D eigenvalue weighted by molar-refractivity contribution is 7.97. The fourth-order valence-electron chi connectivity index (χ4n) is 2.51. The molecule has 0 atom stereocenters. The second-order valence-electron chi connectivity index (χ2n) is 4.60. The quantitative estimate of drug-likeness (QED) is 0.830. The molecule has 1 aliphatic carbocycles. The minimum atomic E-state index is -0.128. The third kappa shape index (κ3) is 1.83. The molecule has 17 heavy (non-hydrogen) atoms. The molecule has 0 bridgehead atoms. The highest BCUT2D eigenvalue weighted by Gasteiger charge is 2.36. The van der Waals surface area contributed by atoms with E-state index in [4.69, 9.17) is 5.14 Å². The van der Waals surface area contributed by atoms with Crippen LogP contribution in [0.4, 0.5) is 0 Å². The van der Waals surface area contributed by atoms with E-state index in [0.29, 0.717) is 0 Å². The normalized spacial score (nSPS) is 19.6. The van der Waals surface area contributed by atoms with Crippen molar-refractivity contribution in [3.05, 3.63) is 24.3 Å². The van der Waals surface area contributed by atoms with Crippen LogP contribution in [0.5, 0.6) is 0 Å². The summed E-state index contributed by atoms with van der Waals surface area (Å²) in [5.74, 6) is 0. The van der Waals surface area contributed by atoms with E-state index in [2.05, 4.69) is 10.2 Å². The summed E-state index contributed by atoms with van der Waals surface area (Å²) in [6.07, 6.45) is 5.84. The van der Waals surface area contributed by atoms with Gasteiger partial charge in [0.15, 0.2) is 0 Å². The van der Waals surface area contributed by atoms with Gasteiger partial charge in [0, 0.05) is 0 Å². The van der Waals surface area contributed by atoms with E-state index in [1.165, 1.54) is 31.2 Å². The fraction of sp³-hybridized carbons (Fsp3) is 0.500. The number of benzene rings is 1. The predicted molar refractivity (Wildman–Crippen MR) is 70.4 cm³/mol. The van der Waals surface area contributed by atoms with Crippen LogP contribution in [-0.4, -0.2) is 15.0 Å². The molecule has 1 saturated carbocycles. The van der Waals surface area contributed by atoms with E-state index in [0.717, 1.165) is 23.9 Å². The zero-order valence-corrected chi connectivity index (χ0v) is 10.5. The topological polar surface area (TPSA) is 56.7 Å². The maximum atomic E-state index is 5.91. The molecule has 2 aromatic rings. The lowest BCUT2D eigenvalue weighted by atomic mass is 9.95. The lowest BCUT2D eigenvalue weighted by Gasteiger charge is -2.33. The zero-order valence-electron chi connectivity index (χ0n) is 9.67. The molecular formula is C12H16N4S. The van der Waals surface area contributed by atoms with Gasteiger partial charge in [0.1, 0.15) is 15.9 Å². The fourth-order valence-corrected chi connectivity index (χ4v) is 3.21. The highest BCUT2D eigenvalue weighted by atomic mass is 32.2. The van der Waals surface area contributed by atoms with Crippen LogP contribution in [0.15, 0.2) is 24.3 Å². The summed E-state index contributed by atoms with van der Waals surface area (Å²) in [4.78, 5) is 1.72. The maximum Gasteiger partial charge on any atom is 0.141 e.